The minimum Gasteiger partial charge on any atom is -0.443 e. The number of allylic oxidation sites excluding steroid dienone is 1. The van der Waals surface area contributed by atoms with Crippen LogP contribution in [0.25, 0.3) is 21.5 Å². The Balaban J connectivity index is 1.67. The first-order chi connectivity index (χ1) is 14.6. The molecular weight excluding hydrogens is 406 g/mol. The number of ether oxygens (including phenoxy) is 1. The molecule has 0 saturated heterocycles. The van der Waals surface area contributed by atoms with E-state index in [2.05, 4.69) is 50.1 Å². The second kappa shape index (κ2) is 8.40. The Labute approximate surface area is 189 Å². The van der Waals surface area contributed by atoms with Crippen LogP contribution in [0.1, 0.15) is 58.0 Å². The molecule has 4 rings (SSSR count). The van der Waals surface area contributed by atoms with E-state index in [9.17, 15) is 4.79 Å². The summed E-state index contributed by atoms with van der Waals surface area (Å²) < 4.78 is 6.88. The molecule has 2 aromatic rings. The molecule has 1 amide bonds. The molecule has 3 heterocycles. The van der Waals surface area contributed by atoms with E-state index < -0.39 is 5.60 Å². The number of rotatable bonds is 2. The smallest absolute Gasteiger partial charge is 0.414 e. The van der Waals surface area contributed by atoms with Crippen LogP contribution in [-0.4, -0.2) is 53.2 Å². The molecule has 0 unspecified atom stereocenters. The summed E-state index contributed by atoms with van der Waals surface area (Å²) in [4.78, 5) is 22.1. The zero-order valence-electron chi connectivity index (χ0n) is 19.5. The van der Waals surface area contributed by atoms with Crippen molar-refractivity contribution >= 4 is 38.9 Å². The molecule has 0 N–H and O–H groups in total. The van der Waals surface area contributed by atoms with Gasteiger partial charge in [-0.1, -0.05) is 24.6 Å². The van der Waals surface area contributed by atoms with Crippen molar-refractivity contribution in [2.24, 2.45) is 5.92 Å². The normalized spacial score (nSPS) is 20.9. The Kier molecular flexibility index (Phi) is 5.97. The minimum absolute atomic E-state index is 0.281. The highest BCUT2D eigenvalue weighted by atomic mass is 32.1. The Morgan fingerprint density at radius 3 is 2.77 bits per heavy atom. The van der Waals surface area contributed by atoms with Gasteiger partial charge in [0.1, 0.15) is 10.6 Å². The minimum atomic E-state index is -0.518. The van der Waals surface area contributed by atoms with Gasteiger partial charge in [0.25, 0.3) is 0 Å². The van der Waals surface area contributed by atoms with Crippen LogP contribution in [0.3, 0.4) is 0 Å². The van der Waals surface area contributed by atoms with Crippen LogP contribution in [0.4, 0.5) is 4.79 Å². The van der Waals surface area contributed by atoms with Gasteiger partial charge in [-0.25, -0.2) is 9.78 Å². The van der Waals surface area contributed by atoms with Crippen molar-refractivity contribution in [1.29, 1.82) is 0 Å². The molecule has 0 radical (unpaired) electrons. The topological polar surface area (TPSA) is 45.7 Å². The summed E-state index contributed by atoms with van der Waals surface area (Å²) in [5.41, 5.74) is 5.24. The average Bonchev–Trinajstić information content (AvgIpc) is 3.09. The summed E-state index contributed by atoms with van der Waals surface area (Å²) in [5, 5.41) is 1.13. The summed E-state index contributed by atoms with van der Waals surface area (Å²) in [5.74, 6) is 0.408. The molecule has 1 atom stereocenters. The predicted molar refractivity (Wildman–Crippen MR) is 129 cm³/mol. The fourth-order valence-electron chi connectivity index (χ4n) is 4.27. The van der Waals surface area contributed by atoms with Gasteiger partial charge in [-0.15, -0.1) is 11.3 Å². The van der Waals surface area contributed by atoms with E-state index in [0.29, 0.717) is 12.5 Å². The third-order valence-electron chi connectivity index (χ3n) is 5.82. The number of aromatic nitrogens is 1. The molecular formula is C25H33N3O2S. The number of fused-ring (bicyclic) bond motifs is 1. The number of hydrogen-bond donors (Lipinski definition) is 0. The molecule has 0 bridgehead atoms. The van der Waals surface area contributed by atoms with Crippen molar-refractivity contribution in [2.75, 3.05) is 26.7 Å². The number of carbonyl (C=O) groups is 1. The van der Waals surface area contributed by atoms with E-state index in [1.54, 1.807) is 16.2 Å². The van der Waals surface area contributed by atoms with Gasteiger partial charge in [-0.2, -0.15) is 0 Å². The number of carbonyl (C=O) groups excluding carboxylic acids is 1. The molecule has 166 valence electrons. The fourth-order valence-corrected chi connectivity index (χ4v) is 5.37. The standard InChI is InChI=1S/C25H33N3O2S/c1-16-7-9-21(28(14-16)24(29)30-25(3,4)5)18-8-10-22-20(13-18)26-23(31-22)19-11-12-27(6)15-17(19)2/h8-10,13,16H,7,11-12,14-15H2,1-6H3/t16-/m0/s1. The number of amides is 1. The lowest BCUT2D eigenvalue weighted by Crippen LogP contribution is -2.39. The van der Waals surface area contributed by atoms with Gasteiger partial charge in [0.05, 0.1) is 15.9 Å². The first-order valence-electron chi connectivity index (χ1n) is 11.1. The molecule has 2 aliphatic heterocycles. The van der Waals surface area contributed by atoms with Crippen molar-refractivity contribution in [3.8, 4) is 0 Å². The largest absolute Gasteiger partial charge is 0.443 e. The molecule has 5 nitrogen and oxygen atoms in total. The third kappa shape index (κ3) is 4.85. The molecule has 31 heavy (non-hydrogen) atoms. The Morgan fingerprint density at radius 2 is 2.06 bits per heavy atom. The molecule has 2 aliphatic rings. The summed E-state index contributed by atoms with van der Waals surface area (Å²) >= 11 is 1.77. The monoisotopic (exact) mass is 439 g/mol. The van der Waals surface area contributed by atoms with E-state index in [1.165, 1.54) is 15.8 Å². The maximum absolute atomic E-state index is 12.9. The number of benzene rings is 1. The maximum Gasteiger partial charge on any atom is 0.414 e. The van der Waals surface area contributed by atoms with Crippen LogP contribution in [0.5, 0.6) is 0 Å². The van der Waals surface area contributed by atoms with E-state index >= 15 is 0 Å². The van der Waals surface area contributed by atoms with Gasteiger partial charge in [0.2, 0.25) is 0 Å². The molecule has 6 heteroatoms. The van der Waals surface area contributed by atoms with Gasteiger partial charge < -0.3 is 9.64 Å². The van der Waals surface area contributed by atoms with Crippen LogP contribution in [0, 0.1) is 5.92 Å². The first kappa shape index (κ1) is 22.0. The summed E-state index contributed by atoms with van der Waals surface area (Å²) in [6.45, 7) is 12.9. The van der Waals surface area contributed by atoms with E-state index in [0.717, 1.165) is 47.7 Å². The van der Waals surface area contributed by atoms with Crippen molar-refractivity contribution in [3.63, 3.8) is 0 Å². The first-order valence-corrected chi connectivity index (χ1v) is 11.9. The highest BCUT2D eigenvalue weighted by Gasteiger charge is 2.29. The lowest BCUT2D eigenvalue weighted by molar-refractivity contribution is 0.0327. The summed E-state index contributed by atoms with van der Waals surface area (Å²) in [6.07, 6.45) is 3.88. The van der Waals surface area contributed by atoms with Crippen molar-refractivity contribution in [3.05, 3.63) is 40.4 Å². The molecule has 1 aromatic carbocycles. The van der Waals surface area contributed by atoms with Crippen molar-refractivity contribution in [2.45, 2.75) is 53.1 Å². The van der Waals surface area contributed by atoms with Gasteiger partial charge in [0, 0.05) is 25.2 Å². The highest BCUT2D eigenvalue weighted by molar-refractivity contribution is 7.19. The second-order valence-corrected chi connectivity index (χ2v) is 11.0. The van der Waals surface area contributed by atoms with Crippen LogP contribution < -0.4 is 0 Å². The van der Waals surface area contributed by atoms with Gasteiger partial charge >= 0.3 is 6.09 Å². The molecule has 0 aliphatic carbocycles. The Bertz CT molecular complexity index is 1060. The highest BCUT2D eigenvalue weighted by Crippen LogP contribution is 2.35. The maximum atomic E-state index is 12.9. The van der Waals surface area contributed by atoms with Crippen LogP contribution in [0.2, 0.25) is 0 Å². The lowest BCUT2D eigenvalue weighted by atomic mass is 9.98. The Morgan fingerprint density at radius 1 is 1.29 bits per heavy atom. The van der Waals surface area contributed by atoms with Crippen LogP contribution in [-0.2, 0) is 4.74 Å². The van der Waals surface area contributed by atoms with Crippen LogP contribution >= 0.6 is 11.3 Å². The number of thiazole rings is 1. The number of hydrogen-bond acceptors (Lipinski definition) is 5. The number of nitrogens with zero attached hydrogens (tertiary/aromatic N) is 3. The quantitative estimate of drug-likeness (QED) is 0.574. The summed E-state index contributed by atoms with van der Waals surface area (Å²) in [6, 6.07) is 6.38. The predicted octanol–water partition coefficient (Wildman–Crippen LogP) is 6.02. The number of likely N-dealkylation sites (N-methyl/N-ethyl adjacent to an activating group) is 1. The van der Waals surface area contributed by atoms with Crippen molar-refractivity contribution in [1.82, 2.24) is 14.8 Å². The van der Waals surface area contributed by atoms with E-state index in [1.807, 2.05) is 20.8 Å². The second-order valence-electron chi connectivity index (χ2n) is 9.97. The molecule has 0 spiro atoms. The van der Waals surface area contributed by atoms with Gasteiger partial charge in [-0.05, 0) is 71.2 Å². The van der Waals surface area contributed by atoms with Gasteiger partial charge in [0.15, 0.2) is 0 Å². The SMILES string of the molecule is CC1=C(c2nc3cc(C4=CC[C@H](C)CN4C(=O)OC(C)(C)C)ccc3s2)CCN(C)C1. The van der Waals surface area contributed by atoms with Crippen molar-refractivity contribution < 1.29 is 9.53 Å². The zero-order valence-corrected chi connectivity index (χ0v) is 20.3. The van der Waals surface area contributed by atoms with Gasteiger partial charge in [-0.3, -0.25) is 4.90 Å². The Hall–Kier alpha value is -2.18. The lowest BCUT2D eigenvalue weighted by Gasteiger charge is -2.33. The van der Waals surface area contributed by atoms with E-state index in [4.69, 9.17) is 9.72 Å². The average molecular weight is 440 g/mol. The third-order valence-corrected chi connectivity index (χ3v) is 6.92. The molecule has 1 aromatic heterocycles. The molecule has 0 saturated carbocycles. The fraction of sp³-hybridized carbons (Fsp3) is 0.520. The zero-order chi connectivity index (χ0) is 22.3. The van der Waals surface area contributed by atoms with E-state index in [-0.39, 0.29) is 6.09 Å². The molecule has 0 fully saturated rings. The van der Waals surface area contributed by atoms with Crippen LogP contribution in [0.15, 0.2) is 29.8 Å². The summed E-state index contributed by atoms with van der Waals surface area (Å²) in [7, 11) is 2.17.